The minimum Gasteiger partial charge on any atom is -0.359 e. The number of aldehydes is 2. The maximum absolute atomic E-state index is 9.84. The molecule has 14 heavy (non-hydrogen) atoms. The summed E-state index contributed by atoms with van der Waals surface area (Å²) < 4.78 is 0. The molecule has 0 unspecified atom stereocenters. The zero-order chi connectivity index (χ0) is 10.2. The number of carbonyl (C=O) groups excluding carboxylic acids is 2. The van der Waals surface area contributed by atoms with Crippen molar-refractivity contribution in [2.75, 3.05) is 0 Å². The molecular formula is C9H9N3O2. The molecule has 0 aliphatic heterocycles. The fraction of sp³-hybridized carbons (Fsp3) is 0. The zero-order valence-electron chi connectivity index (χ0n) is 7.31. The van der Waals surface area contributed by atoms with Crippen LogP contribution in [0.15, 0.2) is 30.7 Å². The van der Waals surface area contributed by atoms with Crippen molar-refractivity contribution in [2.45, 2.75) is 0 Å². The monoisotopic (exact) mass is 191 g/mol. The molecule has 0 aliphatic rings. The van der Waals surface area contributed by atoms with Crippen LogP contribution < -0.4 is 0 Å². The summed E-state index contributed by atoms with van der Waals surface area (Å²) in [5.74, 6) is 0.375. The first-order valence-corrected chi connectivity index (χ1v) is 3.90. The normalized spacial score (nSPS) is 8.57. The highest BCUT2D eigenvalue weighted by molar-refractivity contribution is 5.71. The number of rotatable bonds is 2. The van der Waals surface area contributed by atoms with Crippen LogP contribution in [-0.2, 0) is 0 Å². The molecule has 2 aromatic rings. The fourth-order valence-corrected chi connectivity index (χ4v) is 0.759. The van der Waals surface area contributed by atoms with Gasteiger partial charge < -0.3 is 9.97 Å². The van der Waals surface area contributed by atoms with Crippen LogP contribution in [0.1, 0.15) is 21.1 Å². The highest BCUT2D eigenvalue weighted by Crippen LogP contribution is 1.85. The van der Waals surface area contributed by atoms with E-state index in [9.17, 15) is 9.59 Å². The number of nitrogens with one attached hydrogen (secondary N) is 2. The van der Waals surface area contributed by atoms with Crippen molar-refractivity contribution in [3.63, 3.8) is 0 Å². The Morgan fingerprint density at radius 3 is 2.29 bits per heavy atom. The second-order valence-corrected chi connectivity index (χ2v) is 2.34. The van der Waals surface area contributed by atoms with E-state index in [-0.39, 0.29) is 0 Å². The number of hydrogen-bond donors (Lipinski definition) is 2. The average molecular weight is 191 g/mol. The maximum atomic E-state index is 9.84. The van der Waals surface area contributed by atoms with Gasteiger partial charge in [-0.25, -0.2) is 4.98 Å². The number of H-pyrrole nitrogens is 2. The van der Waals surface area contributed by atoms with Gasteiger partial charge in [0, 0.05) is 18.6 Å². The standard InChI is InChI=1S/C5H5NO.C4H4N2O/c7-4-5-2-1-3-6-5;7-3-4-5-1-2-6-4/h1-4,6H;1-3H,(H,5,6). The third-order valence-electron chi connectivity index (χ3n) is 1.38. The summed E-state index contributed by atoms with van der Waals surface area (Å²) >= 11 is 0. The predicted octanol–water partition coefficient (Wildman–Crippen LogP) is 1.05. The van der Waals surface area contributed by atoms with E-state index in [1.807, 2.05) is 0 Å². The van der Waals surface area contributed by atoms with Crippen molar-refractivity contribution in [3.8, 4) is 0 Å². The number of nitrogens with zero attached hydrogens (tertiary/aromatic N) is 1. The van der Waals surface area contributed by atoms with Crippen molar-refractivity contribution in [3.05, 3.63) is 42.2 Å². The van der Waals surface area contributed by atoms with E-state index in [0.29, 0.717) is 17.8 Å². The second kappa shape index (κ2) is 5.47. The zero-order valence-corrected chi connectivity index (χ0v) is 7.31. The van der Waals surface area contributed by atoms with Gasteiger partial charge in [-0.3, -0.25) is 9.59 Å². The quantitative estimate of drug-likeness (QED) is 0.696. The third kappa shape index (κ3) is 3.06. The van der Waals surface area contributed by atoms with E-state index in [1.165, 1.54) is 6.20 Å². The molecule has 0 amide bonds. The molecular weight excluding hydrogens is 182 g/mol. The van der Waals surface area contributed by atoms with Crippen molar-refractivity contribution in [2.24, 2.45) is 0 Å². The lowest BCUT2D eigenvalue weighted by molar-refractivity contribution is 0.111. The van der Waals surface area contributed by atoms with E-state index in [4.69, 9.17) is 0 Å². The molecule has 0 bridgehead atoms. The van der Waals surface area contributed by atoms with Crippen molar-refractivity contribution in [1.82, 2.24) is 15.0 Å². The average Bonchev–Trinajstić information content (AvgIpc) is 2.92. The van der Waals surface area contributed by atoms with E-state index >= 15 is 0 Å². The van der Waals surface area contributed by atoms with Gasteiger partial charge in [-0.15, -0.1) is 0 Å². The van der Waals surface area contributed by atoms with Crippen LogP contribution in [-0.4, -0.2) is 27.5 Å². The summed E-state index contributed by atoms with van der Waals surface area (Å²) in [6, 6.07) is 3.50. The highest BCUT2D eigenvalue weighted by atomic mass is 16.1. The topological polar surface area (TPSA) is 78.6 Å². The SMILES string of the molecule is O=Cc1ccc[nH]1.O=Cc1ncc[nH]1. The van der Waals surface area contributed by atoms with Crippen LogP contribution >= 0.6 is 0 Å². The largest absolute Gasteiger partial charge is 0.359 e. The minimum atomic E-state index is 0.375. The molecule has 0 radical (unpaired) electrons. The molecule has 0 atom stereocenters. The molecule has 0 aliphatic carbocycles. The maximum Gasteiger partial charge on any atom is 0.185 e. The molecule has 2 N–H and O–H groups in total. The van der Waals surface area contributed by atoms with E-state index in [2.05, 4.69) is 15.0 Å². The lowest BCUT2D eigenvalue weighted by Crippen LogP contribution is -1.78. The van der Waals surface area contributed by atoms with Crippen molar-refractivity contribution in [1.29, 1.82) is 0 Å². The lowest BCUT2D eigenvalue weighted by atomic mass is 10.5. The first kappa shape index (κ1) is 9.91. The number of aromatic nitrogens is 3. The Labute approximate surface area is 80.2 Å². The molecule has 0 fully saturated rings. The molecule has 2 aromatic heterocycles. The van der Waals surface area contributed by atoms with Crippen LogP contribution in [0.25, 0.3) is 0 Å². The molecule has 0 saturated heterocycles. The van der Waals surface area contributed by atoms with Gasteiger partial charge in [0.15, 0.2) is 18.4 Å². The third-order valence-corrected chi connectivity index (χ3v) is 1.38. The van der Waals surface area contributed by atoms with Crippen LogP contribution in [0.2, 0.25) is 0 Å². The molecule has 0 aromatic carbocycles. The Morgan fingerprint density at radius 2 is 2.00 bits per heavy atom. The molecule has 72 valence electrons. The van der Waals surface area contributed by atoms with Gasteiger partial charge in [0.25, 0.3) is 0 Å². The number of aromatic amines is 2. The van der Waals surface area contributed by atoms with Gasteiger partial charge in [0.05, 0.1) is 5.69 Å². The Hall–Kier alpha value is -2.17. The first-order valence-electron chi connectivity index (χ1n) is 3.90. The smallest absolute Gasteiger partial charge is 0.185 e. The van der Waals surface area contributed by atoms with Gasteiger partial charge in [-0.2, -0.15) is 0 Å². The van der Waals surface area contributed by atoms with Gasteiger partial charge in [-0.1, -0.05) is 0 Å². The Morgan fingerprint density at radius 1 is 1.14 bits per heavy atom. The lowest BCUT2D eigenvalue weighted by Gasteiger charge is -1.70. The van der Waals surface area contributed by atoms with Crippen LogP contribution in [0.4, 0.5) is 0 Å². The van der Waals surface area contributed by atoms with Crippen LogP contribution in [0.5, 0.6) is 0 Å². The van der Waals surface area contributed by atoms with Gasteiger partial charge in [0.2, 0.25) is 0 Å². The van der Waals surface area contributed by atoms with E-state index in [0.717, 1.165) is 6.29 Å². The number of hydrogen-bond acceptors (Lipinski definition) is 3. The fourth-order valence-electron chi connectivity index (χ4n) is 0.759. The highest BCUT2D eigenvalue weighted by Gasteiger charge is 1.83. The summed E-state index contributed by atoms with van der Waals surface area (Å²) in [4.78, 5) is 28.5. The van der Waals surface area contributed by atoms with E-state index in [1.54, 1.807) is 24.5 Å². The van der Waals surface area contributed by atoms with Gasteiger partial charge >= 0.3 is 0 Å². The molecule has 2 heterocycles. The number of carbonyl (C=O) groups is 2. The summed E-state index contributed by atoms with van der Waals surface area (Å²) in [6.07, 6.45) is 6.29. The van der Waals surface area contributed by atoms with Crippen LogP contribution in [0, 0.1) is 0 Å². The van der Waals surface area contributed by atoms with Crippen molar-refractivity contribution >= 4 is 12.6 Å². The first-order chi connectivity index (χ1) is 6.86. The number of imidazole rings is 1. The summed E-state index contributed by atoms with van der Waals surface area (Å²) in [6.45, 7) is 0. The minimum absolute atomic E-state index is 0.375. The van der Waals surface area contributed by atoms with Gasteiger partial charge in [-0.05, 0) is 12.1 Å². The van der Waals surface area contributed by atoms with Crippen molar-refractivity contribution < 1.29 is 9.59 Å². The summed E-state index contributed by atoms with van der Waals surface area (Å²) in [5.41, 5.74) is 0.625. The van der Waals surface area contributed by atoms with Gasteiger partial charge in [0.1, 0.15) is 0 Å². The Kier molecular flexibility index (Phi) is 3.87. The molecule has 0 saturated carbocycles. The predicted molar refractivity (Wildman–Crippen MR) is 50.2 cm³/mol. The Balaban J connectivity index is 0.000000140. The molecule has 5 heteroatoms. The summed E-state index contributed by atoms with van der Waals surface area (Å²) in [7, 11) is 0. The second-order valence-electron chi connectivity index (χ2n) is 2.34. The molecule has 5 nitrogen and oxygen atoms in total. The summed E-state index contributed by atoms with van der Waals surface area (Å²) in [5, 5.41) is 0. The molecule has 2 rings (SSSR count). The molecule has 0 spiro atoms. The van der Waals surface area contributed by atoms with E-state index < -0.39 is 0 Å². The van der Waals surface area contributed by atoms with Crippen LogP contribution in [0.3, 0.4) is 0 Å². The Bertz CT molecular complexity index is 326.